The van der Waals surface area contributed by atoms with E-state index in [1.807, 2.05) is 27.7 Å². The molecule has 2 aliphatic heterocycles. The minimum absolute atomic E-state index is 0.0355. The van der Waals surface area contributed by atoms with Crippen molar-refractivity contribution in [3.63, 3.8) is 0 Å². The SMILES string of the molecule is CC1(C)CC(NCc2cn([C@@H]3C[C@H](O)[C@@H](CO)O3)c(=O)[nH]c2=O)CC(C)(C)N1[O]. The molecule has 10 heteroatoms. The minimum atomic E-state index is -0.882. The Labute approximate surface area is 169 Å². The van der Waals surface area contributed by atoms with Gasteiger partial charge in [0.25, 0.3) is 5.56 Å². The Morgan fingerprint density at radius 3 is 2.41 bits per heavy atom. The third-order valence-electron chi connectivity index (χ3n) is 5.91. The van der Waals surface area contributed by atoms with Gasteiger partial charge in [0.2, 0.25) is 0 Å². The number of nitrogens with one attached hydrogen (secondary N) is 2. The Hall–Kier alpha value is -1.56. The van der Waals surface area contributed by atoms with Crippen LogP contribution in [0.15, 0.2) is 15.8 Å². The highest BCUT2D eigenvalue weighted by molar-refractivity contribution is 5.07. The number of H-pyrrole nitrogens is 1. The molecule has 0 aromatic carbocycles. The van der Waals surface area contributed by atoms with E-state index in [4.69, 9.17) is 4.74 Å². The zero-order valence-corrected chi connectivity index (χ0v) is 17.3. The number of aliphatic hydroxyl groups excluding tert-OH is 2. The first-order chi connectivity index (χ1) is 13.4. The normalized spacial score (nSPS) is 30.0. The quantitative estimate of drug-likeness (QED) is 0.518. The molecule has 1 aromatic heterocycles. The van der Waals surface area contributed by atoms with Crippen LogP contribution in [0, 0.1) is 0 Å². The molecule has 1 radical (unpaired) electrons. The van der Waals surface area contributed by atoms with E-state index < -0.39 is 40.8 Å². The lowest BCUT2D eigenvalue weighted by Crippen LogP contribution is -2.61. The molecule has 1 aromatic rings. The molecule has 0 unspecified atom stereocenters. The van der Waals surface area contributed by atoms with Crippen LogP contribution in [0.5, 0.6) is 0 Å². The number of ether oxygens (including phenoxy) is 1. The van der Waals surface area contributed by atoms with Gasteiger partial charge in [-0.3, -0.25) is 14.3 Å². The lowest BCUT2D eigenvalue weighted by atomic mass is 9.79. The van der Waals surface area contributed by atoms with Crippen molar-refractivity contribution in [3.8, 4) is 0 Å². The monoisotopic (exact) mass is 411 g/mol. The fourth-order valence-electron chi connectivity index (χ4n) is 4.58. The molecule has 2 saturated heterocycles. The van der Waals surface area contributed by atoms with Gasteiger partial charge in [-0.2, -0.15) is 0 Å². The van der Waals surface area contributed by atoms with Gasteiger partial charge in [-0.25, -0.2) is 4.79 Å². The molecule has 3 rings (SSSR count). The van der Waals surface area contributed by atoms with Gasteiger partial charge in [0.05, 0.1) is 12.7 Å². The average molecular weight is 411 g/mol. The number of aromatic amines is 1. The van der Waals surface area contributed by atoms with Crippen LogP contribution in [0.1, 0.15) is 58.7 Å². The molecule has 2 aliphatic rings. The van der Waals surface area contributed by atoms with Crippen LogP contribution in [0.25, 0.3) is 0 Å². The van der Waals surface area contributed by atoms with E-state index >= 15 is 0 Å². The summed E-state index contributed by atoms with van der Waals surface area (Å²) in [5.74, 6) is 0. The molecule has 0 amide bonds. The average Bonchev–Trinajstić information content (AvgIpc) is 2.99. The molecule has 0 bridgehead atoms. The first-order valence-electron chi connectivity index (χ1n) is 9.94. The summed E-state index contributed by atoms with van der Waals surface area (Å²) in [5, 5.41) is 36.1. The highest BCUT2D eigenvalue weighted by Crippen LogP contribution is 2.37. The summed E-state index contributed by atoms with van der Waals surface area (Å²) >= 11 is 0. The number of hydrogen-bond donors (Lipinski definition) is 4. The molecule has 0 spiro atoms. The highest BCUT2D eigenvalue weighted by Gasteiger charge is 2.46. The van der Waals surface area contributed by atoms with Gasteiger partial charge in [-0.15, -0.1) is 10.3 Å². The predicted molar refractivity (Wildman–Crippen MR) is 103 cm³/mol. The maximum absolute atomic E-state index is 12.5. The molecular weight excluding hydrogens is 380 g/mol. The van der Waals surface area contributed by atoms with Gasteiger partial charge < -0.3 is 20.3 Å². The van der Waals surface area contributed by atoms with Gasteiger partial charge in [0, 0.05) is 41.8 Å². The predicted octanol–water partition coefficient (Wildman–Crippen LogP) is -0.366. The van der Waals surface area contributed by atoms with Gasteiger partial charge in [0.1, 0.15) is 12.3 Å². The summed E-state index contributed by atoms with van der Waals surface area (Å²) in [6, 6.07) is 0.0355. The summed E-state index contributed by atoms with van der Waals surface area (Å²) in [4.78, 5) is 26.8. The van der Waals surface area contributed by atoms with Crippen molar-refractivity contribution in [3.05, 3.63) is 32.6 Å². The van der Waals surface area contributed by atoms with Crippen molar-refractivity contribution in [2.24, 2.45) is 0 Å². The molecule has 3 heterocycles. The van der Waals surface area contributed by atoms with Crippen molar-refractivity contribution in [1.82, 2.24) is 19.9 Å². The smallest absolute Gasteiger partial charge is 0.330 e. The number of nitrogens with zero attached hydrogens (tertiary/aromatic N) is 2. The van der Waals surface area contributed by atoms with E-state index in [2.05, 4.69) is 10.3 Å². The zero-order valence-electron chi connectivity index (χ0n) is 17.3. The fourth-order valence-corrected chi connectivity index (χ4v) is 4.58. The summed E-state index contributed by atoms with van der Waals surface area (Å²) in [6.07, 6.45) is 0.445. The molecular formula is C19H31N4O6. The second kappa shape index (κ2) is 7.93. The summed E-state index contributed by atoms with van der Waals surface area (Å²) < 4.78 is 6.77. The van der Waals surface area contributed by atoms with E-state index in [0.717, 1.165) is 5.06 Å². The van der Waals surface area contributed by atoms with Crippen molar-refractivity contribution in [1.29, 1.82) is 0 Å². The topological polar surface area (TPSA) is 140 Å². The van der Waals surface area contributed by atoms with Gasteiger partial charge in [-0.1, -0.05) is 0 Å². The number of aromatic nitrogens is 2. The second-order valence-electron chi connectivity index (χ2n) is 9.34. The third kappa shape index (κ3) is 4.47. The maximum Gasteiger partial charge on any atom is 0.330 e. The standard InChI is InChI=1S/C19H31N4O6/c1-18(2)6-12(7-19(3,4)23(18)28)20-8-11-9-22(17(27)21-16(11)26)15-5-13(25)14(10-24)29-15/h9,12-15,20,24-25H,5-8,10H2,1-4H3,(H,21,26,27)/t13-,14+,15-/m0/s1. The van der Waals surface area contributed by atoms with E-state index in [1.54, 1.807) is 0 Å². The first-order valence-corrected chi connectivity index (χ1v) is 9.94. The van der Waals surface area contributed by atoms with Gasteiger partial charge in [0.15, 0.2) is 0 Å². The van der Waals surface area contributed by atoms with Crippen LogP contribution in [-0.4, -0.2) is 60.8 Å². The maximum atomic E-state index is 12.5. The largest absolute Gasteiger partial charge is 0.394 e. The number of hydroxylamine groups is 2. The molecule has 10 nitrogen and oxygen atoms in total. The molecule has 29 heavy (non-hydrogen) atoms. The lowest BCUT2D eigenvalue weighted by Gasteiger charge is -2.50. The first kappa shape index (κ1) is 22.1. The number of hydrogen-bond acceptors (Lipinski definition) is 7. The number of piperidine rings is 1. The summed E-state index contributed by atoms with van der Waals surface area (Å²) in [7, 11) is 0. The van der Waals surface area contributed by atoms with Crippen LogP contribution in [0.4, 0.5) is 0 Å². The van der Waals surface area contributed by atoms with E-state index in [1.165, 1.54) is 10.8 Å². The summed E-state index contributed by atoms with van der Waals surface area (Å²) in [5.41, 5.74) is -1.82. The number of aliphatic hydroxyl groups is 2. The molecule has 0 aliphatic carbocycles. The Morgan fingerprint density at radius 1 is 1.24 bits per heavy atom. The van der Waals surface area contributed by atoms with Crippen molar-refractivity contribution in [2.75, 3.05) is 6.61 Å². The Balaban J connectivity index is 1.75. The number of rotatable bonds is 5. The molecule has 3 atom stereocenters. The van der Waals surface area contributed by atoms with Gasteiger partial charge in [-0.05, 0) is 40.5 Å². The summed E-state index contributed by atoms with van der Waals surface area (Å²) in [6.45, 7) is 7.50. The lowest BCUT2D eigenvalue weighted by molar-refractivity contribution is -0.290. The van der Waals surface area contributed by atoms with E-state index in [9.17, 15) is 25.0 Å². The molecule has 163 valence electrons. The second-order valence-corrected chi connectivity index (χ2v) is 9.34. The Bertz CT molecular complexity index is 830. The van der Waals surface area contributed by atoms with E-state index in [-0.39, 0.29) is 25.6 Å². The van der Waals surface area contributed by atoms with Crippen molar-refractivity contribution in [2.45, 2.75) is 89.1 Å². The zero-order chi connectivity index (χ0) is 21.6. The van der Waals surface area contributed by atoms with E-state index in [0.29, 0.717) is 18.4 Å². The van der Waals surface area contributed by atoms with Crippen LogP contribution >= 0.6 is 0 Å². The minimum Gasteiger partial charge on any atom is -0.394 e. The fraction of sp³-hybridized carbons (Fsp3) is 0.789. The Morgan fingerprint density at radius 2 is 1.86 bits per heavy atom. The molecule has 4 N–H and O–H groups in total. The van der Waals surface area contributed by atoms with Crippen LogP contribution in [0.2, 0.25) is 0 Å². The third-order valence-corrected chi connectivity index (χ3v) is 5.91. The Kier molecular flexibility index (Phi) is 6.06. The van der Waals surface area contributed by atoms with Crippen LogP contribution in [-0.2, 0) is 16.5 Å². The highest BCUT2D eigenvalue weighted by atomic mass is 16.5. The van der Waals surface area contributed by atoms with Crippen LogP contribution in [0.3, 0.4) is 0 Å². The van der Waals surface area contributed by atoms with Crippen molar-refractivity contribution < 1.29 is 20.2 Å². The van der Waals surface area contributed by atoms with Gasteiger partial charge >= 0.3 is 5.69 Å². The van der Waals surface area contributed by atoms with Crippen LogP contribution < -0.4 is 16.6 Å². The molecule has 0 saturated carbocycles. The molecule has 2 fully saturated rings. The van der Waals surface area contributed by atoms with Crippen molar-refractivity contribution >= 4 is 0 Å².